The van der Waals surface area contributed by atoms with Gasteiger partial charge in [0, 0.05) is 64.4 Å². The normalized spacial score (nSPS) is 20.2. The number of piperidine rings is 2. The Morgan fingerprint density at radius 3 is 1.88 bits per heavy atom. The number of likely N-dealkylation sites (tertiary alicyclic amines) is 2. The summed E-state index contributed by atoms with van der Waals surface area (Å²) in [7, 11) is 1.30. The van der Waals surface area contributed by atoms with E-state index in [1.807, 2.05) is 0 Å². The zero-order valence-electron chi connectivity index (χ0n) is 23.6. The van der Waals surface area contributed by atoms with Crippen LogP contribution in [0.2, 0.25) is 0 Å². The van der Waals surface area contributed by atoms with Gasteiger partial charge in [-0.15, -0.1) is 0 Å². The van der Waals surface area contributed by atoms with Crippen LogP contribution in [-0.2, 0) is 33.3 Å². The maximum absolute atomic E-state index is 13.7. The van der Waals surface area contributed by atoms with E-state index in [0.29, 0.717) is 43.6 Å². The molecule has 2 saturated heterocycles. The Bertz CT molecular complexity index is 1300. The molecule has 0 spiro atoms. The van der Waals surface area contributed by atoms with Gasteiger partial charge in [0.25, 0.3) is 0 Å². The molecule has 13 heteroatoms. The molecule has 0 bridgehead atoms. The molecule has 6 nitrogen and oxygen atoms in total. The molecule has 2 atom stereocenters. The third-order valence-electron chi connectivity index (χ3n) is 8.27. The van der Waals surface area contributed by atoms with Gasteiger partial charge in [-0.1, -0.05) is 12.1 Å². The maximum Gasteiger partial charge on any atom is 0.416 e. The third kappa shape index (κ3) is 7.66. The van der Waals surface area contributed by atoms with Gasteiger partial charge in [0.15, 0.2) is 0 Å². The summed E-state index contributed by atoms with van der Waals surface area (Å²) in [5.41, 5.74) is -2.69. The van der Waals surface area contributed by atoms with Crippen molar-refractivity contribution in [3.63, 3.8) is 0 Å². The fraction of sp³-hybridized carbons (Fsp3) is 0.500. The van der Waals surface area contributed by atoms with Crippen LogP contribution in [0.15, 0.2) is 42.5 Å². The van der Waals surface area contributed by atoms with Gasteiger partial charge in [-0.05, 0) is 60.7 Å². The van der Waals surface area contributed by atoms with E-state index in [-0.39, 0.29) is 48.9 Å². The van der Waals surface area contributed by atoms with Gasteiger partial charge < -0.3 is 14.7 Å². The van der Waals surface area contributed by atoms with E-state index in [9.17, 15) is 45.1 Å². The Labute approximate surface area is 244 Å². The number of carbonyl (C=O) groups is 3. The van der Waals surface area contributed by atoms with Crippen molar-refractivity contribution in [1.82, 2.24) is 14.7 Å². The number of rotatable bonds is 5. The SMILES string of the molecule is CC(=O)N1CCC(C(=O)N2CC[C@@H](C(=O)N(C)Cc3cc(C(F)(F)F)cc(C(F)(F)F)c3)[C@H](c3ccc(F)cc3)C2)CC1. The van der Waals surface area contributed by atoms with E-state index in [1.54, 1.807) is 9.80 Å². The minimum atomic E-state index is -5.02. The summed E-state index contributed by atoms with van der Waals surface area (Å²) in [4.78, 5) is 43.2. The second-order valence-corrected chi connectivity index (χ2v) is 11.2. The van der Waals surface area contributed by atoms with E-state index in [1.165, 1.54) is 38.2 Å². The highest BCUT2D eigenvalue weighted by Gasteiger charge is 2.41. The maximum atomic E-state index is 13.7. The number of carbonyl (C=O) groups excluding carboxylic acids is 3. The lowest BCUT2D eigenvalue weighted by Gasteiger charge is -2.41. The van der Waals surface area contributed by atoms with E-state index >= 15 is 0 Å². The van der Waals surface area contributed by atoms with Crippen molar-refractivity contribution in [2.75, 3.05) is 33.2 Å². The summed E-state index contributed by atoms with van der Waals surface area (Å²) in [5.74, 6) is -2.84. The molecule has 2 heterocycles. The van der Waals surface area contributed by atoms with Gasteiger partial charge in [-0.3, -0.25) is 14.4 Å². The number of hydrogen-bond donors (Lipinski definition) is 0. The molecule has 3 amide bonds. The molecular weight excluding hydrogens is 583 g/mol. The number of amides is 3. The fourth-order valence-corrected chi connectivity index (χ4v) is 5.94. The first-order chi connectivity index (χ1) is 20.0. The Morgan fingerprint density at radius 2 is 1.37 bits per heavy atom. The predicted molar refractivity (Wildman–Crippen MR) is 142 cm³/mol. The van der Waals surface area contributed by atoms with Gasteiger partial charge >= 0.3 is 12.4 Å². The zero-order valence-corrected chi connectivity index (χ0v) is 23.6. The molecular formula is C30H32F7N3O3. The first kappa shape index (κ1) is 32.3. The van der Waals surface area contributed by atoms with Gasteiger partial charge in [-0.2, -0.15) is 26.3 Å². The lowest BCUT2D eigenvalue weighted by atomic mass is 9.79. The van der Waals surface area contributed by atoms with Gasteiger partial charge in [-0.25, -0.2) is 4.39 Å². The summed E-state index contributed by atoms with van der Waals surface area (Å²) in [6.45, 7) is 2.22. The number of halogens is 7. The average Bonchev–Trinajstić information content (AvgIpc) is 2.95. The Morgan fingerprint density at radius 1 is 0.837 bits per heavy atom. The summed E-state index contributed by atoms with van der Waals surface area (Å²) in [6.07, 6.45) is -8.85. The Balaban J connectivity index is 1.54. The largest absolute Gasteiger partial charge is 0.416 e. The molecule has 0 unspecified atom stereocenters. The van der Waals surface area contributed by atoms with Crippen molar-refractivity contribution in [2.45, 2.75) is 51.0 Å². The molecule has 43 heavy (non-hydrogen) atoms. The van der Waals surface area contributed by atoms with Crippen molar-refractivity contribution in [3.05, 3.63) is 70.5 Å². The van der Waals surface area contributed by atoms with Gasteiger partial charge in [0.1, 0.15) is 5.82 Å². The molecule has 4 rings (SSSR count). The van der Waals surface area contributed by atoms with Gasteiger partial charge in [0.2, 0.25) is 17.7 Å². The second-order valence-electron chi connectivity index (χ2n) is 11.2. The molecule has 0 radical (unpaired) electrons. The van der Waals surface area contributed by atoms with E-state index in [2.05, 4.69) is 0 Å². The van der Waals surface area contributed by atoms with Crippen molar-refractivity contribution in [3.8, 4) is 0 Å². The van der Waals surface area contributed by atoms with E-state index < -0.39 is 53.6 Å². The first-order valence-corrected chi connectivity index (χ1v) is 13.9. The topological polar surface area (TPSA) is 60.9 Å². The molecule has 2 fully saturated rings. The van der Waals surface area contributed by atoms with Crippen LogP contribution in [0.3, 0.4) is 0 Å². The minimum absolute atomic E-state index is 0.0343. The van der Waals surface area contributed by atoms with Crippen molar-refractivity contribution in [1.29, 1.82) is 0 Å². The smallest absolute Gasteiger partial charge is 0.343 e. The van der Waals surface area contributed by atoms with Crippen LogP contribution < -0.4 is 0 Å². The van der Waals surface area contributed by atoms with Crippen LogP contribution in [0.5, 0.6) is 0 Å². The molecule has 0 aromatic heterocycles. The van der Waals surface area contributed by atoms with Crippen LogP contribution in [0.1, 0.15) is 54.4 Å². The summed E-state index contributed by atoms with van der Waals surface area (Å²) >= 11 is 0. The highest BCUT2D eigenvalue weighted by molar-refractivity contribution is 5.82. The first-order valence-electron chi connectivity index (χ1n) is 13.9. The zero-order chi connectivity index (χ0) is 31.7. The van der Waals surface area contributed by atoms with Crippen LogP contribution in [0, 0.1) is 17.7 Å². The average molecular weight is 616 g/mol. The highest BCUT2D eigenvalue weighted by Crippen LogP contribution is 2.38. The minimum Gasteiger partial charge on any atom is -0.343 e. The van der Waals surface area contributed by atoms with E-state index in [4.69, 9.17) is 0 Å². The summed E-state index contributed by atoms with van der Waals surface area (Å²) < 4.78 is 93.9. The summed E-state index contributed by atoms with van der Waals surface area (Å²) in [5, 5.41) is 0. The molecule has 0 aliphatic carbocycles. The number of alkyl halides is 6. The quantitative estimate of drug-likeness (QED) is 0.405. The Kier molecular flexibility index (Phi) is 9.41. The molecule has 234 valence electrons. The van der Waals surface area contributed by atoms with Crippen LogP contribution >= 0.6 is 0 Å². The second kappa shape index (κ2) is 12.5. The third-order valence-corrected chi connectivity index (χ3v) is 8.27. The highest BCUT2D eigenvalue weighted by atomic mass is 19.4. The number of nitrogens with zero attached hydrogens (tertiary/aromatic N) is 3. The van der Waals surface area contributed by atoms with Crippen molar-refractivity contribution < 1.29 is 45.1 Å². The van der Waals surface area contributed by atoms with Crippen LogP contribution in [-0.4, -0.2) is 65.6 Å². The fourth-order valence-electron chi connectivity index (χ4n) is 5.94. The van der Waals surface area contributed by atoms with E-state index in [0.717, 1.165) is 4.90 Å². The molecule has 2 aromatic carbocycles. The van der Waals surface area contributed by atoms with Crippen LogP contribution in [0.25, 0.3) is 0 Å². The number of benzene rings is 2. The summed E-state index contributed by atoms with van der Waals surface area (Å²) in [6, 6.07) is 6.67. The lowest BCUT2D eigenvalue weighted by Crippen LogP contribution is -2.50. The lowest BCUT2D eigenvalue weighted by molar-refractivity contribution is -0.145. The molecule has 2 aliphatic heterocycles. The monoisotopic (exact) mass is 615 g/mol. The van der Waals surface area contributed by atoms with Gasteiger partial charge in [0.05, 0.1) is 11.1 Å². The molecule has 0 saturated carbocycles. The molecule has 0 N–H and O–H groups in total. The van der Waals surface area contributed by atoms with Crippen LogP contribution in [0.4, 0.5) is 30.7 Å². The predicted octanol–water partition coefficient (Wildman–Crippen LogP) is 5.71. The number of hydrogen-bond acceptors (Lipinski definition) is 3. The van der Waals surface area contributed by atoms with Crippen molar-refractivity contribution >= 4 is 17.7 Å². The standard InChI is InChI=1S/C30H32F7N3O3/c1-18(41)39-10-7-21(8-11-39)27(42)40-12-9-25(26(17-40)20-3-5-24(31)6-4-20)28(43)38(2)16-19-13-22(29(32,33)34)15-23(14-19)30(35,36)37/h3-6,13-15,21,25-26H,7-12,16-17H2,1-2H3/t25-,26+/m1/s1. The Hall–Kier alpha value is -3.64. The molecule has 2 aromatic rings. The molecule has 2 aliphatic rings. The van der Waals surface area contributed by atoms with Crippen molar-refractivity contribution in [2.24, 2.45) is 11.8 Å².